The first-order chi connectivity index (χ1) is 14.2. The fourth-order valence-corrected chi connectivity index (χ4v) is 3.29. The van der Waals surface area contributed by atoms with Crippen molar-refractivity contribution in [3.05, 3.63) is 66.7 Å². The van der Waals surface area contributed by atoms with Crippen LogP contribution < -0.4 is 5.32 Å². The Hall–Kier alpha value is -4.07. The number of aromatic amines is 1. The van der Waals surface area contributed by atoms with Gasteiger partial charge in [-0.15, -0.1) is 0 Å². The third kappa shape index (κ3) is 3.20. The van der Waals surface area contributed by atoms with Gasteiger partial charge in [-0.1, -0.05) is 18.2 Å². The molecule has 8 heteroatoms. The Balaban J connectivity index is 1.45. The van der Waals surface area contributed by atoms with E-state index in [2.05, 4.69) is 35.5 Å². The van der Waals surface area contributed by atoms with Crippen molar-refractivity contribution in [1.29, 1.82) is 0 Å². The molecule has 5 aromatic rings. The summed E-state index contributed by atoms with van der Waals surface area (Å²) in [7, 11) is 0. The van der Waals surface area contributed by atoms with Gasteiger partial charge in [0.15, 0.2) is 5.65 Å². The maximum Gasteiger partial charge on any atom is 0.223 e. The summed E-state index contributed by atoms with van der Waals surface area (Å²) < 4.78 is 0. The van der Waals surface area contributed by atoms with Crippen molar-refractivity contribution < 1.29 is 5.11 Å². The summed E-state index contributed by atoms with van der Waals surface area (Å²) in [6.45, 7) is 2.02. The molecule has 0 amide bonds. The molecule has 1 atom stereocenters. The van der Waals surface area contributed by atoms with Crippen molar-refractivity contribution in [2.75, 3.05) is 5.32 Å². The zero-order valence-corrected chi connectivity index (χ0v) is 15.5. The van der Waals surface area contributed by atoms with E-state index < -0.39 is 0 Å². The molecule has 2 aromatic carbocycles. The van der Waals surface area contributed by atoms with E-state index in [0.29, 0.717) is 11.6 Å². The van der Waals surface area contributed by atoms with Crippen molar-refractivity contribution in [1.82, 2.24) is 30.1 Å². The number of fused-ring (bicyclic) bond motifs is 2. The number of benzene rings is 2. The first-order valence-electron chi connectivity index (χ1n) is 9.14. The molecule has 5 rings (SSSR count). The van der Waals surface area contributed by atoms with Gasteiger partial charge in [0.2, 0.25) is 5.95 Å². The van der Waals surface area contributed by atoms with E-state index in [9.17, 15) is 5.11 Å². The number of nitrogens with one attached hydrogen (secondary N) is 2. The van der Waals surface area contributed by atoms with Gasteiger partial charge < -0.3 is 10.4 Å². The summed E-state index contributed by atoms with van der Waals surface area (Å²) in [5.41, 5.74) is 4.34. The van der Waals surface area contributed by atoms with Crippen molar-refractivity contribution >= 4 is 27.9 Å². The zero-order valence-electron chi connectivity index (χ0n) is 15.5. The van der Waals surface area contributed by atoms with Crippen molar-refractivity contribution in [3.63, 3.8) is 0 Å². The number of anilines is 1. The van der Waals surface area contributed by atoms with Crippen LogP contribution in [0.1, 0.15) is 18.5 Å². The lowest BCUT2D eigenvalue weighted by Gasteiger charge is -2.14. The number of hydrogen-bond acceptors (Lipinski definition) is 7. The van der Waals surface area contributed by atoms with E-state index in [0.717, 1.165) is 33.1 Å². The minimum atomic E-state index is 0.00252. The molecule has 3 aromatic heterocycles. The summed E-state index contributed by atoms with van der Waals surface area (Å²) in [4.78, 5) is 17.7. The van der Waals surface area contributed by atoms with Crippen LogP contribution >= 0.6 is 0 Å². The molecule has 3 heterocycles. The Kier molecular flexibility index (Phi) is 4.02. The second-order valence-electron chi connectivity index (χ2n) is 6.78. The predicted octanol–water partition coefficient (Wildman–Crippen LogP) is 3.84. The van der Waals surface area contributed by atoms with Gasteiger partial charge in [-0.2, -0.15) is 5.10 Å². The lowest BCUT2D eigenvalue weighted by atomic mass is 10.1. The molecule has 0 aliphatic rings. The highest BCUT2D eigenvalue weighted by Gasteiger charge is 2.11. The van der Waals surface area contributed by atoms with Crippen LogP contribution in [0.5, 0.6) is 5.75 Å². The van der Waals surface area contributed by atoms with Crippen LogP contribution in [-0.4, -0.2) is 35.2 Å². The second kappa shape index (κ2) is 6.83. The number of nitrogens with zero attached hydrogens (tertiary/aromatic N) is 5. The number of phenolic OH excluding ortho intramolecular Hbond substituents is 1. The van der Waals surface area contributed by atoms with E-state index in [1.165, 1.54) is 6.33 Å². The van der Waals surface area contributed by atoms with Crippen LogP contribution in [0.2, 0.25) is 0 Å². The van der Waals surface area contributed by atoms with Gasteiger partial charge in [0.1, 0.15) is 12.1 Å². The molecule has 0 fully saturated rings. The molecule has 0 bridgehead atoms. The summed E-state index contributed by atoms with van der Waals surface area (Å²) in [5, 5.41) is 21.4. The quantitative estimate of drug-likeness (QED) is 0.432. The molecule has 0 aliphatic heterocycles. The van der Waals surface area contributed by atoms with E-state index in [1.54, 1.807) is 24.5 Å². The average Bonchev–Trinajstić information content (AvgIpc) is 3.23. The van der Waals surface area contributed by atoms with Crippen LogP contribution in [0.3, 0.4) is 0 Å². The minimum absolute atomic E-state index is 0.00252. The van der Waals surface area contributed by atoms with Crippen molar-refractivity contribution in [2.45, 2.75) is 13.0 Å². The maximum absolute atomic E-state index is 9.44. The van der Waals surface area contributed by atoms with Gasteiger partial charge in [0.05, 0.1) is 28.8 Å². The van der Waals surface area contributed by atoms with E-state index in [-0.39, 0.29) is 11.8 Å². The number of phenols is 1. The van der Waals surface area contributed by atoms with Crippen LogP contribution in [0, 0.1) is 0 Å². The number of aromatic hydroxyl groups is 1. The molecule has 0 spiro atoms. The lowest BCUT2D eigenvalue weighted by molar-refractivity contribution is 0.475. The average molecular weight is 383 g/mol. The highest BCUT2D eigenvalue weighted by atomic mass is 16.3. The molecule has 8 nitrogen and oxygen atoms in total. The Morgan fingerprint density at radius 2 is 1.86 bits per heavy atom. The highest BCUT2D eigenvalue weighted by Crippen LogP contribution is 2.27. The van der Waals surface area contributed by atoms with E-state index in [1.807, 2.05) is 37.3 Å². The van der Waals surface area contributed by atoms with Crippen LogP contribution in [-0.2, 0) is 0 Å². The summed E-state index contributed by atoms with van der Waals surface area (Å²) in [5.74, 6) is 0.792. The fraction of sp³-hybridized carbons (Fsp3) is 0.0952. The number of rotatable bonds is 4. The third-order valence-electron chi connectivity index (χ3n) is 4.84. The Morgan fingerprint density at radius 1 is 1.00 bits per heavy atom. The van der Waals surface area contributed by atoms with Crippen molar-refractivity contribution in [3.8, 4) is 17.0 Å². The Morgan fingerprint density at radius 3 is 2.72 bits per heavy atom. The molecule has 1 unspecified atom stereocenters. The van der Waals surface area contributed by atoms with Crippen LogP contribution in [0.15, 0.2) is 61.2 Å². The van der Waals surface area contributed by atoms with Gasteiger partial charge in [-0.3, -0.25) is 5.10 Å². The zero-order chi connectivity index (χ0) is 19.8. The van der Waals surface area contributed by atoms with Gasteiger partial charge in [-0.25, -0.2) is 19.9 Å². The second-order valence-corrected chi connectivity index (χ2v) is 6.78. The maximum atomic E-state index is 9.44. The lowest BCUT2D eigenvalue weighted by Crippen LogP contribution is -2.09. The van der Waals surface area contributed by atoms with Gasteiger partial charge in [0.25, 0.3) is 0 Å². The SMILES string of the molecule is CC(Nc1ncc2cc(-c3ncnc4[nH]ncc34)ccc2n1)c1ccc(O)cc1. The molecule has 0 aliphatic carbocycles. The van der Waals surface area contributed by atoms with Gasteiger partial charge in [0, 0.05) is 17.1 Å². The molecule has 0 radical (unpaired) electrons. The van der Waals surface area contributed by atoms with Gasteiger partial charge >= 0.3 is 0 Å². The molecule has 3 N–H and O–H groups in total. The molecule has 0 saturated heterocycles. The van der Waals surface area contributed by atoms with E-state index >= 15 is 0 Å². The smallest absolute Gasteiger partial charge is 0.223 e. The van der Waals surface area contributed by atoms with E-state index in [4.69, 9.17) is 0 Å². The molecular weight excluding hydrogens is 366 g/mol. The number of H-pyrrole nitrogens is 1. The third-order valence-corrected chi connectivity index (χ3v) is 4.84. The molecule has 0 saturated carbocycles. The fourth-order valence-electron chi connectivity index (χ4n) is 3.29. The predicted molar refractivity (Wildman–Crippen MR) is 110 cm³/mol. The molecule has 29 heavy (non-hydrogen) atoms. The van der Waals surface area contributed by atoms with Gasteiger partial charge in [-0.05, 0) is 36.8 Å². The molecular formula is C21H17N7O. The van der Waals surface area contributed by atoms with Crippen molar-refractivity contribution in [2.24, 2.45) is 0 Å². The normalized spacial score (nSPS) is 12.3. The first kappa shape index (κ1) is 17.1. The summed E-state index contributed by atoms with van der Waals surface area (Å²) >= 11 is 0. The first-order valence-corrected chi connectivity index (χ1v) is 9.14. The van der Waals surface area contributed by atoms with Crippen LogP contribution in [0.4, 0.5) is 5.95 Å². The molecule has 142 valence electrons. The Labute approximate surface area is 165 Å². The van der Waals surface area contributed by atoms with Crippen LogP contribution in [0.25, 0.3) is 33.2 Å². The summed E-state index contributed by atoms with van der Waals surface area (Å²) in [6, 6.07) is 13.0. The highest BCUT2D eigenvalue weighted by molar-refractivity contribution is 5.93. The standard InChI is InChI=1S/C21H17N7O/c1-12(13-2-5-16(29)6-3-13)26-21-22-9-15-8-14(4-7-18(15)27-21)19-17-10-25-28-20(17)24-11-23-19/h2-12,29H,1H3,(H,22,26,27)(H,23,24,25,28). The number of aromatic nitrogens is 6. The monoisotopic (exact) mass is 383 g/mol. The topological polar surface area (TPSA) is 113 Å². The summed E-state index contributed by atoms with van der Waals surface area (Å²) in [6.07, 6.45) is 5.04. The Bertz CT molecular complexity index is 1310. The number of hydrogen-bond donors (Lipinski definition) is 3. The largest absolute Gasteiger partial charge is 0.508 e. The minimum Gasteiger partial charge on any atom is -0.508 e.